The van der Waals surface area contributed by atoms with Crippen LogP contribution >= 0.6 is 11.8 Å². The van der Waals surface area contributed by atoms with Crippen molar-refractivity contribution in [3.8, 4) is 11.3 Å². The third kappa shape index (κ3) is 2.31. The van der Waals surface area contributed by atoms with Gasteiger partial charge >= 0.3 is 0 Å². The van der Waals surface area contributed by atoms with Gasteiger partial charge in [0.1, 0.15) is 0 Å². The molecular weight excluding hydrogens is 232 g/mol. The normalized spacial score (nSPS) is 10.7. The molecule has 0 bridgehead atoms. The van der Waals surface area contributed by atoms with E-state index in [0.29, 0.717) is 5.82 Å². The minimum atomic E-state index is 0.512. The van der Waals surface area contributed by atoms with Gasteiger partial charge in [0.15, 0.2) is 11.6 Å². The van der Waals surface area contributed by atoms with Crippen molar-refractivity contribution >= 4 is 17.6 Å². The lowest BCUT2D eigenvalue weighted by molar-refractivity contribution is 0.434. The Morgan fingerprint density at radius 2 is 2.12 bits per heavy atom. The lowest BCUT2D eigenvalue weighted by Crippen LogP contribution is -1.93. The first kappa shape index (κ1) is 12.0. The first-order valence-electron chi connectivity index (χ1n) is 5.65. The molecule has 2 rings (SSSR count). The lowest BCUT2D eigenvalue weighted by atomic mass is 10.0. The number of rotatable bonds is 4. The van der Waals surface area contributed by atoms with Crippen LogP contribution in [-0.2, 0) is 6.42 Å². The smallest absolute Gasteiger partial charge is 0.173 e. The number of hydrogen-bond acceptors (Lipinski definition) is 4. The zero-order valence-electron chi connectivity index (χ0n) is 10.1. The van der Waals surface area contributed by atoms with Crippen molar-refractivity contribution in [1.82, 2.24) is 5.16 Å². The highest BCUT2D eigenvalue weighted by Crippen LogP contribution is 2.34. The van der Waals surface area contributed by atoms with E-state index in [4.69, 9.17) is 10.3 Å². The Bertz CT molecular complexity index is 508. The first-order valence-corrected chi connectivity index (χ1v) is 6.87. The van der Waals surface area contributed by atoms with E-state index in [1.807, 2.05) is 18.2 Å². The summed E-state index contributed by atoms with van der Waals surface area (Å²) in [6.07, 6.45) is 3.98. The highest BCUT2D eigenvalue weighted by Gasteiger charge is 2.17. The van der Waals surface area contributed by atoms with Crippen molar-refractivity contribution in [2.24, 2.45) is 0 Å². The van der Waals surface area contributed by atoms with Crippen LogP contribution in [0.2, 0.25) is 0 Å². The minimum Gasteiger partial charge on any atom is -0.381 e. The van der Waals surface area contributed by atoms with Gasteiger partial charge in [-0.15, -0.1) is 11.8 Å². The van der Waals surface area contributed by atoms with Gasteiger partial charge in [-0.1, -0.05) is 30.6 Å². The van der Waals surface area contributed by atoms with Crippen molar-refractivity contribution in [3.63, 3.8) is 0 Å². The molecule has 2 aromatic rings. The quantitative estimate of drug-likeness (QED) is 0.840. The van der Waals surface area contributed by atoms with E-state index >= 15 is 0 Å². The molecule has 17 heavy (non-hydrogen) atoms. The summed E-state index contributed by atoms with van der Waals surface area (Å²) in [6.45, 7) is 2.12. The Hall–Kier alpha value is -1.42. The van der Waals surface area contributed by atoms with Crippen molar-refractivity contribution in [1.29, 1.82) is 0 Å². The predicted octanol–water partition coefficient (Wildman–Crippen LogP) is 3.60. The van der Waals surface area contributed by atoms with Crippen molar-refractivity contribution in [3.05, 3.63) is 29.8 Å². The molecular formula is C13H16N2OS. The molecule has 0 atom stereocenters. The van der Waals surface area contributed by atoms with E-state index in [-0.39, 0.29) is 0 Å². The van der Waals surface area contributed by atoms with E-state index in [1.165, 1.54) is 4.90 Å². The molecule has 1 aromatic carbocycles. The zero-order chi connectivity index (χ0) is 12.3. The highest BCUT2D eigenvalue weighted by molar-refractivity contribution is 7.98. The zero-order valence-corrected chi connectivity index (χ0v) is 10.9. The Morgan fingerprint density at radius 3 is 2.82 bits per heavy atom. The number of nitrogens with two attached hydrogens (primary N) is 1. The largest absolute Gasteiger partial charge is 0.381 e. The Balaban J connectivity index is 2.52. The number of nitrogens with zero attached hydrogens (tertiary/aromatic N) is 1. The molecule has 1 aromatic heterocycles. The lowest BCUT2D eigenvalue weighted by Gasteiger charge is -2.05. The van der Waals surface area contributed by atoms with Gasteiger partial charge in [0.25, 0.3) is 0 Å². The molecule has 0 saturated carbocycles. The average Bonchev–Trinajstić information content (AvgIpc) is 2.72. The SMILES string of the molecule is CCCc1c(N)noc1-c1ccccc1SC. The van der Waals surface area contributed by atoms with Crippen LogP contribution in [-0.4, -0.2) is 11.4 Å². The Labute approximate surface area is 105 Å². The maximum absolute atomic E-state index is 5.84. The molecule has 0 unspecified atom stereocenters. The van der Waals surface area contributed by atoms with Crippen LogP contribution < -0.4 is 5.73 Å². The fourth-order valence-corrected chi connectivity index (χ4v) is 2.45. The monoisotopic (exact) mass is 248 g/mol. The molecule has 0 amide bonds. The van der Waals surface area contributed by atoms with E-state index in [2.05, 4.69) is 24.4 Å². The summed E-state index contributed by atoms with van der Waals surface area (Å²) in [5, 5.41) is 3.88. The van der Waals surface area contributed by atoms with Crippen LogP contribution in [0.15, 0.2) is 33.7 Å². The standard InChI is InChI=1S/C13H16N2OS/c1-3-6-10-12(16-15-13(10)14)9-7-4-5-8-11(9)17-2/h4-5,7-8H,3,6H2,1-2H3,(H2,14,15). The summed E-state index contributed by atoms with van der Waals surface area (Å²) >= 11 is 1.70. The van der Waals surface area contributed by atoms with E-state index in [0.717, 1.165) is 29.7 Å². The number of anilines is 1. The van der Waals surface area contributed by atoms with Gasteiger partial charge in [-0.05, 0) is 24.8 Å². The van der Waals surface area contributed by atoms with Gasteiger partial charge in [-0.2, -0.15) is 0 Å². The second kappa shape index (κ2) is 5.27. The number of benzene rings is 1. The fraction of sp³-hybridized carbons (Fsp3) is 0.308. The van der Waals surface area contributed by atoms with Gasteiger partial charge in [0.05, 0.1) is 0 Å². The minimum absolute atomic E-state index is 0.512. The molecule has 0 aliphatic rings. The number of aromatic nitrogens is 1. The molecule has 3 nitrogen and oxygen atoms in total. The molecule has 0 saturated heterocycles. The summed E-state index contributed by atoms with van der Waals surface area (Å²) < 4.78 is 5.39. The number of nitrogen functional groups attached to an aromatic ring is 1. The maximum atomic E-state index is 5.84. The van der Waals surface area contributed by atoms with Gasteiger partial charge in [-0.25, -0.2) is 0 Å². The van der Waals surface area contributed by atoms with Crippen LogP contribution in [0, 0.1) is 0 Å². The topological polar surface area (TPSA) is 52.0 Å². The van der Waals surface area contributed by atoms with E-state index < -0.39 is 0 Å². The third-order valence-electron chi connectivity index (χ3n) is 2.67. The van der Waals surface area contributed by atoms with Crippen LogP contribution in [0.3, 0.4) is 0 Å². The molecule has 1 heterocycles. The highest BCUT2D eigenvalue weighted by atomic mass is 32.2. The molecule has 0 fully saturated rings. The Kier molecular flexibility index (Phi) is 3.74. The van der Waals surface area contributed by atoms with Crippen LogP contribution in [0.25, 0.3) is 11.3 Å². The van der Waals surface area contributed by atoms with Crippen LogP contribution in [0.4, 0.5) is 5.82 Å². The Morgan fingerprint density at radius 1 is 1.35 bits per heavy atom. The van der Waals surface area contributed by atoms with E-state index in [1.54, 1.807) is 11.8 Å². The van der Waals surface area contributed by atoms with Crippen LogP contribution in [0.5, 0.6) is 0 Å². The van der Waals surface area contributed by atoms with Crippen LogP contribution in [0.1, 0.15) is 18.9 Å². The predicted molar refractivity (Wildman–Crippen MR) is 72.1 cm³/mol. The third-order valence-corrected chi connectivity index (χ3v) is 3.47. The second-order valence-corrected chi connectivity index (χ2v) is 4.67. The summed E-state index contributed by atoms with van der Waals surface area (Å²) in [7, 11) is 0. The summed E-state index contributed by atoms with van der Waals surface area (Å²) in [4.78, 5) is 1.18. The van der Waals surface area contributed by atoms with Crippen molar-refractivity contribution in [2.75, 3.05) is 12.0 Å². The number of thioether (sulfide) groups is 1. The summed E-state index contributed by atoms with van der Waals surface area (Å²) in [6, 6.07) is 8.15. The summed E-state index contributed by atoms with van der Waals surface area (Å²) in [5.41, 5.74) is 7.94. The molecule has 0 aliphatic carbocycles. The molecule has 4 heteroatoms. The molecule has 0 aliphatic heterocycles. The van der Waals surface area contributed by atoms with Gasteiger partial charge < -0.3 is 10.3 Å². The molecule has 90 valence electrons. The van der Waals surface area contributed by atoms with Gasteiger partial charge in [0, 0.05) is 16.0 Å². The molecule has 2 N–H and O–H groups in total. The van der Waals surface area contributed by atoms with Gasteiger partial charge in [0.2, 0.25) is 0 Å². The molecule has 0 spiro atoms. The maximum Gasteiger partial charge on any atom is 0.173 e. The first-order chi connectivity index (χ1) is 8.27. The van der Waals surface area contributed by atoms with Crippen molar-refractivity contribution < 1.29 is 4.52 Å². The van der Waals surface area contributed by atoms with Crippen molar-refractivity contribution in [2.45, 2.75) is 24.7 Å². The number of hydrogen-bond donors (Lipinski definition) is 1. The summed E-state index contributed by atoms with van der Waals surface area (Å²) in [5.74, 6) is 1.33. The van der Waals surface area contributed by atoms with E-state index in [9.17, 15) is 0 Å². The van der Waals surface area contributed by atoms with Gasteiger partial charge in [-0.3, -0.25) is 0 Å². The fourth-order valence-electron chi connectivity index (χ4n) is 1.86. The second-order valence-electron chi connectivity index (χ2n) is 3.83. The molecule has 0 radical (unpaired) electrons. The average molecular weight is 248 g/mol.